The van der Waals surface area contributed by atoms with Gasteiger partial charge in [0.15, 0.2) is 0 Å². The zero-order valence-corrected chi connectivity index (χ0v) is 11.9. The van der Waals surface area contributed by atoms with Gasteiger partial charge in [-0.3, -0.25) is 10.2 Å². The minimum Gasteiger partial charge on any atom is -0.294 e. The summed E-state index contributed by atoms with van der Waals surface area (Å²) < 4.78 is 0. The van der Waals surface area contributed by atoms with Crippen LogP contribution in [0.15, 0.2) is 23.1 Å². The largest absolute Gasteiger partial charge is 0.294 e. The van der Waals surface area contributed by atoms with Gasteiger partial charge in [0.25, 0.3) is 0 Å². The first-order valence-corrected chi connectivity index (χ1v) is 6.70. The number of halogens is 2. The number of amides is 1. The lowest BCUT2D eigenvalue weighted by Gasteiger charge is -2.21. The molecule has 0 aliphatic heterocycles. The van der Waals surface area contributed by atoms with Gasteiger partial charge in [-0.25, -0.2) is 5.84 Å². The van der Waals surface area contributed by atoms with E-state index in [0.717, 1.165) is 4.90 Å². The van der Waals surface area contributed by atoms with Crippen molar-refractivity contribution in [3.63, 3.8) is 0 Å². The smallest absolute Gasteiger partial charge is 0.240 e. The molecular weight excluding hydrogens is 279 g/mol. The third-order valence-electron chi connectivity index (χ3n) is 2.24. The monoisotopic (exact) mass is 292 g/mol. The third kappa shape index (κ3) is 4.07. The molecule has 1 rings (SSSR count). The topological polar surface area (TPSA) is 55.1 Å². The molecule has 0 unspecified atom stereocenters. The summed E-state index contributed by atoms with van der Waals surface area (Å²) in [7, 11) is 0. The first-order chi connectivity index (χ1) is 7.86. The Morgan fingerprint density at radius 3 is 2.59 bits per heavy atom. The maximum atomic E-state index is 11.5. The minimum atomic E-state index is -0.536. The Morgan fingerprint density at radius 1 is 1.41 bits per heavy atom. The van der Waals surface area contributed by atoms with E-state index in [1.54, 1.807) is 12.1 Å². The highest BCUT2D eigenvalue weighted by Gasteiger charge is 2.26. The van der Waals surface area contributed by atoms with Crippen molar-refractivity contribution in [1.82, 2.24) is 5.43 Å². The zero-order valence-electron chi connectivity index (χ0n) is 9.59. The van der Waals surface area contributed by atoms with E-state index in [1.807, 2.05) is 19.9 Å². The van der Waals surface area contributed by atoms with Crippen molar-refractivity contribution >= 4 is 40.9 Å². The highest BCUT2D eigenvalue weighted by Crippen LogP contribution is 2.31. The molecule has 0 saturated carbocycles. The van der Waals surface area contributed by atoms with Crippen LogP contribution in [0.3, 0.4) is 0 Å². The van der Waals surface area contributed by atoms with Crippen molar-refractivity contribution in [3.05, 3.63) is 28.2 Å². The van der Waals surface area contributed by atoms with E-state index in [0.29, 0.717) is 15.8 Å². The van der Waals surface area contributed by atoms with Crippen LogP contribution in [0.25, 0.3) is 0 Å². The fourth-order valence-electron chi connectivity index (χ4n) is 1.09. The number of hydrazine groups is 1. The maximum Gasteiger partial charge on any atom is 0.240 e. The number of hydrogen-bond donors (Lipinski definition) is 2. The van der Waals surface area contributed by atoms with Gasteiger partial charge in [0.2, 0.25) is 5.91 Å². The van der Waals surface area contributed by atoms with E-state index in [9.17, 15) is 4.79 Å². The summed E-state index contributed by atoms with van der Waals surface area (Å²) in [6.07, 6.45) is 0. The van der Waals surface area contributed by atoms with Crippen LogP contribution in [0.4, 0.5) is 0 Å². The quantitative estimate of drug-likeness (QED) is 0.388. The fourth-order valence-corrected chi connectivity index (χ4v) is 2.48. The van der Waals surface area contributed by atoms with Crippen molar-refractivity contribution < 1.29 is 4.79 Å². The van der Waals surface area contributed by atoms with Gasteiger partial charge in [-0.05, 0) is 18.2 Å². The van der Waals surface area contributed by atoms with Crippen molar-refractivity contribution in [2.24, 2.45) is 11.3 Å². The van der Waals surface area contributed by atoms with Crippen LogP contribution in [0.5, 0.6) is 0 Å². The lowest BCUT2D eigenvalue weighted by molar-refractivity contribution is -0.128. The van der Waals surface area contributed by atoms with Gasteiger partial charge >= 0.3 is 0 Å². The summed E-state index contributed by atoms with van der Waals surface area (Å²) in [4.78, 5) is 12.4. The molecule has 0 bridgehead atoms. The van der Waals surface area contributed by atoms with E-state index < -0.39 is 5.41 Å². The molecule has 94 valence electrons. The van der Waals surface area contributed by atoms with Gasteiger partial charge in [0.05, 0.1) is 15.5 Å². The Balaban J connectivity index is 2.67. The molecule has 1 amide bonds. The molecule has 3 nitrogen and oxygen atoms in total. The lowest BCUT2D eigenvalue weighted by Crippen LogP contribution is -2.42. The summed E-state index contributed by atoms with van der Waals surface area (Å²) in [5, 5.41) is 1.03. The lowest BCUT2D eigenvalue weighted by atomic mass is 9.96. The van der Waals surface area contributed by atoms with Gasteiger partial charge in [-0.2, -0.15) is 0 Å². The van der Waals surface area contributed by atoms with E-state index in [-0.39, 0.29) is 5.91 Å². The standard InChI is InChI=1S/C11H14Cl2N2OS/c1-11(2,10(16)15-14)6-17-7-3-4-8(12)9(13)5-7/h3-5H,6,14H2,1-2H3,(H,15,16). The number of thioether (sulfide) groups is 1. The highest BCUT2D eigenvalue weighted by atomic mass is 35.5. The molecule has 0 aromatic heterocycles. The molecule has 0 saturated heterocycles. The Bertz CT molecular complexity index is 424. The SMILES string of the molecule is CC(C)(CSc1ccc(Cl)c(Cl)c1)C(=O)NN. The maximum absolute atomic E-state index is 11.5. The molecule has 0 radical (unpaired) electrons. The number of carbonyl (C=O) groups excluding carboxylic acids is 1. The van der Waals surface area contributed by atoms with E-state index >= 15 is 0 Å². The summed E-state index contributed by atoms with van der Waals surface area (Å²) in [5.41, 5.74) is 1.63. The average molecular weight is 293 g/mol. The second-order valence-corrected chi connectivity index (χ2v) is 6.09. The van der Waals surface area contributed by atoms with Crippen LogP contribution in [0, 0.1) is 5.41 Å². The third-order valence-corrected chi connectivity index (χ3v) is 4.43. The van der Waals surface area contributed by atoms with Gasteiger partial charge in [-0.15, -0.1) is 11.8 Å². The van der Waals surface area contributed by atoms with Crippen LogP contribution in [-0.4, -0.2) is 11.7 Å². The molecule has 0 aliphatic rings. The molecule has 0 spiro atoms. The first-order valence-electron chi connectivity index (χ1n) is 4.96. The Morgan fingerprint density at radius 2 is 2.06 bits per heavy atom. The molecule has 17 heavy (non-hydrogen) atoms. The van der Waals surface area contributed by atoms with Crippen LogP contribution in [0.2, 0.25) is 10.0 Å². The second-order valence-electron chi connectivity index (χ2n) is 4.22. The first kappa shape index (κ1) is 14.6. The summed E-state index contributed by atoms with van der Waals surface area (Å²) >= 11 is 13.3. The fraction of sp³-hybridized carbons (Fsp3) is 0.364. The van der Waals surface area contributed by atoms with Crippen molar-refractivity contribution in [2.45, 2.75) is 18.7 Å². The molecule has 0 aliphatic carbocycles. The Labute approximate surface area is 115 Å². The highest BCUT2D eigenvalue weighted by molar-refractivity contribution is 7.99. The average Bonchev–Trinajstić information content (AvgIpc) is 2.29. The number of benzene rings is 1. The summed E-state index contributed by atoms with van der Waals surface area (Å²) in [5.74, 6) is 5.54. The Kier molecular flexibility index (Phi) is 5.13. The van der Waals surface area contributed by atoms with Crippen LogP contribution >= 0.6 is 35.0 Å². The van der Waals surface area contributed by atoms with Gasteiger partial charge in [0, 0.05) is 10.6 Å². The normalized spacial score (nSPS) is 11.4. The molecule has 6 heteroatoms. The molecule has 1 aromatic rings. The summed E-state index contributed by atoms with van der Waals surface area (Å²) in [6, 6.07) is 5.39. The molecule has 0 atom stereocenters. The van der Waals surface area contributed by atoms with E-state index in [4.69, 9.17) is 29.0 Å². The molecular formula is C11H14Cl2N2OS. The Hall–Kier alpha value is -0.420. The summed E-state index contributed by atoms with van der Waals surface area (Å²) in [6.45, 7) is 3.67. The van der Waals surface area contributed by atoms with Crippen LogP contribution in [0.1, 0.15) is 13.8 Å². The number of nitrogens with one attached hydrogen (secondary N) is 1. The van der Waals surface area contributed by atoms with Crippen LogP contribution < -0.4 is 11.3 Å². The molecule has 1 aromatic carbocycles. The molecule has 0 fully saturated rings. The van der Waals surface area contributed by atoms with Crippen molar-refractivity contribution in [1.29, 1.82) is 0 Å². The minimum absolute atomic E-state index is 0.190. The van der Waals surface area contributed by atoms with Gasteiger partial charge in [0.1, 0.15) is 0 Å². The second kappa shape index (κ2) is 5.96. The predicted octanol–water partition coefficient (Wildman–Crippen LogP) is 3.10. The number of carbonyl (C=O) groups is 1. The number of hydrogen-bond acceptors (Lipinski definition) is 3. The van der Waals surface area contributed by atoms with Crippen molar-refractivity contribution in [3.8, 4) is 0 Å². The van der Waals surface area contributed by atoms with Crippen molar-refractivity contribution in [2.75, 3.05) is 5.75 Å². The molecule has 0 heterocycles. The van der Waals surface area contributed by atoms with Crippen LogP contribution in [-0.2, 0) is 4.79 Å². The zero-order chi connectivity index (χ0) is 13.1. The van der Waals surface area contributed by atoms with Gasteiger partial charge < -0.3 is 0 Å². The van der Waals surface area contributed by atoms with E-state index in [1.165, 1.54) is 11.8 Å². The molecule has 3 N–H and O–H groups in total. The number of nitrogens with two attached hydrogens (primary N) is 1. The predicted molar refractivity (Wildman–Crippen MR) is 73.3 cm³/mol. The van der Waals surface area contributed by atoms with E-state index in [2.05, 4.69) is 5.43 Å². The number of rotatable bonds is 4. The van der Waals surface area contributed by atoms with Gasteiger partial charge in [-0.1, -0.05) is 37.0 Å².